The second-order valence-corrected chi connectivity index (χ2v) is 10.8. The third kappa shape index (κ3) is 3.42. The first-order valence-corrected chi connectivity index (χ1v) is 10.7. The van der Waals surface area contributed by atoms with E-state index in [1.165, 1.54) is 0 Å². The van der Waals surface area contributed by atoms with Crippen molar-refractivity contribution in [3.63, 3.8) is 0 Å². The second-order valence-electron chi connectivity index (χ2n) is 10.8. The molecule has 0 N–H and O–H groups in total. The van der Waals surface area contributed by atoms with E-state index in [9.17, 15) is 9.59 Å². The number of rotatable bonds is 3. The summed E-state index contributed by atoms with van der Waals surface area (Å²) in [4.78, 5) is 27.7. The van der Waals surface area contributed by atoms with Gasteiger partial charge in [-0.25, -0.2) is 4.79 Å². The van der Waals surface area contributed by atoms with Crippen molar-refractivity contribution >= 4 is 18.2 Å². The van der Waals surface area contributed by atoms with Crippen LogP contribution in [0, 0.1) is 18.3 Å². The van der Waals surface area contributed by atoms with E-state index in [-0.39, 0.29) is 23.0 Å². The summed E-state index contributed by atoms with van der Waals surface area (Å²) in [6.07, 6.45) is 3.87. The Labute approximate surface area is 173 Å². The molecule has 1 atom stereocenters. The summed E-state index contributed by atoms with van der Waals surface area (Å²) in [7, 11) is 0. The first-order valence-electron chi connectivity index (χ1n) is 10.7. The molecule has 3 aliphatic rings. The minimum atomic E-state index is -0.448. The summed E-state index contributed by atoms with van der Waals surface area (Å²) in [5.41, 5.74) is 0.747. The van der Waals surface area contributed by atoms with Gasteiger partial charge in [0.15, 0.2) is 5.82 Å². The lowest BCUT2D eigenvalue weighted by molar-refractivity contribution is -0.112. The van der Waals surface area contributed by atoms with Crippen molar-refractivity contribution in [3.05, 3.63) is 11.8 Å². The van der Waals surface area contributed by atoms with Crippen LogP contribution in [-0.2, 0) is 9.53 Å². The molecule has 1 aromatic rings. The van der Waals surface area contributed by atoms with Gasteiger partial charge in [-0.15, -0.1) is 0 Å². The Morgan fingerprint density at radius 2 is 1.93 bits per heavy atom. The molecule has 2 aliphatic heterocycles. The number of aromatic nitrogens is 2. The van der Waals surface area contributed by atoms with E-state index >= 15 is 0 Å². The lowest BCUT2D eigenvalue weighted by Crippen LogP contribution is -2.64. The number of carbonyl (C=O) groups excluding carboxylic acids is 2. The zero-order valence-electron chi connectivity index (χ0n) is 18.6. The number of carbonyl (C=O) groups is 2. The third-order valence-corrected chi connectivity index (χ3v) is 7.00. The molecule has 7 nitrogen and oxygen atoms in total. The van der Waals surface area contributed by atoms with Gasteiger partial charge in [0.25, 0.3) is 0 Å². The number of hydrogen-bond acceptors (Lipinski definition) is 5. The fourth-order valence-corrected chi connectivity index (χ4v) is 5.32. The molecule has 3 heterocycles. The molecule has 1 aliphatic carbocycles. The average molecular weight is 403 g/mol. The van der Waals surface area contributed by atoms with Crippen LogP contribution in [0.2, 0.25) is 0 Å². The fraction of sp³-hybridized carbons (Fsp3) is 0.773. The molecule has 1 amide bonds. The molecule has 7 heteroatoms. The van der Waals surface area contributed by atoms with Crippen LogP contribution >= 0.6 is 0 Å². The topological polar surface area (TPSA) is 67.7 Å². The van der Waals surface area contributed by atoms with Gasteiger partial charge in [0.05, 0.1) is 6.04 Å². The summed E-state index contributed by atoms with van der Waals surface area (Å²) < 4.78 is 7.62. The first-order chi connectivity index (χ1) is 13.4. The summed E-state index contributed by atoms with van der Waals surface area (Å²) in [5, 5.41) is 4.93. The van der Waals surface area contributed by atoms with Gasteiger partial charge in [-0.1, -0.05) is 0 Å². The molecule has 4 rings (SSSR count). The highest BCUT2D eigenvalue weighted by Crippen LogP contribution is 2.54. The minimum Gasteiger partial charge on any atom is -0.444 e. The Kier molecular flexibility index (Phi) is 4.52. The maximum absolute atomic E-state index is 12.2. The van der Waals surface area contributed by atoms with Crippen LogP contribution in [0.5, 0.6) is 0 Å². The molecule has 160 valence electrons. The van der Waals surface area contributed by atoms with Gasteiger partial charge in [0, 0.05) is 48.3 Å². The zero-order valence-corrected chi connectivity index (χ0v) is 18.6. The molecule has 0 bridgehead atoms. The van der Waals surface area contributed by atoms with Gasteiger partial charge in [0.2, 0.25) is 0 Å². The van der Waals surface area contributed by atoms with Crippen molar-refractivity contribution in [2.45, 2.75) is 78.0 Å². The van der Waals surface area contributed by atoms with Crippen LogP contribution < -0.4 is 4.90 Å². The molecule has 2 saturated heterocycles. The van der Waals surface area contributed by atoms with Gasteiger partial charge in [-0.2, -0.15) is 5.10 Å². The van der Waals surface area contributed by atoms with Crippen LogP contribution in [0.4, 0.5) is 10.6 Å². The molecule has 29 heavy (non-hydrogen) atoms. The maximum Gasteiger partial charge on any atom is 0.410 e. The van der Waals surface area contributed by atoms with Crippen LogP contribution in [0.15, 0.2) is 6.07 Å². The highest BCUT2D eigenvalue weighted by molar-refractivity contribution is 5.69. The van der Waals surface area contributed by atoms with E-state index in [4.69, 9.17) is 9.84 Å². The molecule has 3 fully saturated rings. The summed E-state index contributed by atoms with van der Waals surface area (Å²) in [6.45, 7) is 14.5. The Bertz CT molecular complexity index is 809. The molecule has 0 radical (unpaired) electrons. The van der Waals surface area contributed by atoms with E-state index < -0.39 is 5.60 Å². The number of amides is 1. The summed E-state index contributed by atoms with van der Waals surface area (Å²) >= 11 is 0. The number of aryl methyl sites for hydroxylation is 1. The molecule has 0 aromatic carbocycles. The number of ether oxygens (including phenoxy) is 1. The molecular weight excluding hydrogens is 368 g/mol. The Balaban J connectivity index is 1.37. The minimum absolute atomic E-state index is 0.0498. The first kappa shape index (κ1) is 20.2. The number of likely N-dealkylation sites (tertiary alicyclic amines) is 1. The fourth-order valence-electron chi connectivity index (χ4n) is 5.32. The normalized spacial score (nSPS) is 25.7. The maximum atomic E-state index is 12.2. The van der Waals surface area contributed by atoms with Crippen molar-refractivity contribution in [1.82, 2.24) is 14.7 Å². The van der Waals surface area contributed by atoms with E-state index in [1.54, 1.807) is 0 Å². The predicted octanol–water partition coefficient (Wildman–Crippen LogP) is 3.57. The lowest BCUT2D eigenvalue weighted by atomic mass is 9.61. The number of aldehydes is 1. The van der Waals surface area contributed by atoms with Crippen molar-refractivity contribution in [2.75, 3.05) is 24.5 Å². The van der Waals surface area contributed by atoms with Crippen molar-refractivity contribution in [1.29, 1.82) is 0 Å². The van der Waals surface area contributed by atoms with Gasteiger partial charge in [-0.3, -0.25) is 4.68 Å². The molecule has 1 spiro atoms. The number of nitrogens with zero attached hydrogens (tertiary/aromatic N) is 4. The van der Waals surface area contributed by atoms with Crippen LogP contribution in [-0.4, -0.2) is 57.8 Å². The monoisotopic (exact) mass is 402 g/mol. The molecule has 1 saturated carbocycles. The van der Waals surface area contributed by atoms with Crippen molar-refractivity contribution < 1.29 is 14.3 Å². The van der Waals surface area contributed by atoms with Crippen molar-refractivity contribution in [3.8, 4) is 0 Å². The molecule has 1 unspecified atom stereocenters. The Morgan fingerprint density at radius 1 is 1.28 bits per heavy atom. The number of anilines is 1. The highest BCUT2D eigenvalue weighted by atomic mass is 16.6. The van der Waals surface area contributed by atoms with E-state index in [1.807, 2.05) is 25.7 Å². The van der Waals surface area contributed by atoms with Gasteiger partial charge in [-0.05, 0) is 60.8 Å². The van der Waals surface area contributed by atoms with Gasteiger partial charge in [0.1, 0.15) is 11.9 Å². The quantitative estimate of drug-likeness (QED) is 0.723. The standard InChI is InChI=1S/C22H34N4O3/c1-15-9-18(25-8-7-16(12-27)21(25,5)6)23-26(15)17-10-22(11-17)13-24(14-22)19(28)29-20(2,3)4/h9,12,16-17H,7-8,10-11,13-14H2,1-6H3. The summed E-state index contributed by atoms with van der Waals surface area (Å²) in [6, 6.07) is 2.53. The lowest BCUT2D eigenvalue weighted by Gasteiger charge is -2.58. The smallest absolute Gasteiger partial charge is 0.410 e. The van der Waals surface area contributed by atoms with Crippen LogP contribution in [0.3, 0.4) is 0 Å². The molecular formula is C22H34N4O3. The SMILES string of the molecule is Cc1cc(N2CCC(C=O)C2(C)C)nn1C1CC2(C1)CN(C(=O)OC(C)(C)C)C2. The largest absolute Gasteiger partial charge is 0.444 e. The van der Waals surface area contributed by atoms with Crippen LogP contribution in [0.1, 0.15) is 65.6 Å². The van der Waals surface area contributed by atoms with Gasteiger partial charge < -0.3 is 19.3 Å². The van der Waals surface area contributed by atoms with E-state index in [0.29, 0.717) is 6.04 Å². The molecule has 1 aromatic heterocycles. The van der Waals surface area contributed by atoms with Crippen molar-refractivity contribution in [2.24, 2.45) is 11.3 Å². The van der Waals surface area contributed by atoms with E-state index in [2.05, 4.69) is 36.4 Å². The second kappa shape index (κ2) is 6.47. The number of hydrogen-bond donors (Lipinski definition) is 0. The van der Waals surface area contributed by atoms with E-state index in [0.717, 1.165) is 56.7 Å². The Morgan fingerprint density at radius 3 is 2.48 bits per heavy atom. The Hall–Kier alpha value is -2.05. The summed E-state index contributed by atoms with van der Waals surface area (Å²) in [5.74, 6) is 1.02. The average Bonchev–Trinajstić information content (AvgIpc) is 3.02. The highest BCUT2D eigenvalue weighted by Gasteiger charge is 2.55. The van der Waals surface area contributed by atoms with Gasteiger partial charge >= 0.3 is 6.09 Å². The zero-order chi connectivity index (χ0) is 21.2. The predicted molar refractivity (Wildman–Crippen MR) is 111 cm³/mol. The van der Waals surface area contributed by atoms with Crippen LogP contribution in [0.25, 0.3) is 0 Å². The third-order valence-electron chi connectivity index (χ3n) is 7.00.